The van der Waals surface area contributed by atoms with Crippen LogP contribution >= 0.6 is 0 Å². The van der Waals surface area contributed by atoms with E-state index in [-0.39, 0.29) is 6.10 Å². The third-order valence-corrected chi connectivity index (χ3v) is 4.36. The van der Waals surface area contributed by atoms with Gasteiger partial charge in [-0.3, -0.25) is 0 Å². The van der Waals surface area contributed by atoms with Gasteiger partial charge in [-0.2, -0.15) is 0 Å². The molecule has 0 bridgehead atoms. The molecule has 1 N–H and O–H groups in total. The molecule has 1 aliphatic rings. The molecule has 0 radical (unpaired) electrons. The number of hydrogen-bond donors (Lipinski definition) is 1. The Morgan fingerprint density at radius 3 is 2.74 bits per heavy atom. The third-order valence-electron chi connectivity index (χ3n) is 4.36. The summed E-state index contributed by atoms with van der Waals surface area (Å²) >= 11 is 0. The van der Waals surface area contributed by atoms with Gasteiger partial charge in [0.15, 0.2) is 0 Å². The molecule has 0 saturated heterocycles. The lowest BCUT2D eigenvalue weighted by molar-refractivity contribution is 0.0402. The van der Waals surface area contributed by atoms with E-state index in [0.29, 0.717) is 5.92 Å². The van der Waals surface area contributed by atoms with Crippen LogP contribution in [0.25, 0.3) is 0 Å². The molecule has 3 unspecified atom stereocenters. The molecule has 0 heterocycles. The van der Waals surface area contributed by atoms with Crippen LogP contribution in [0.2, 0.25) is 0 Å². The van der Waals surface area contributed by atoms with Crippen LogP contribution < -0.4 is 4.74 Å². The summed E-state index contributed by atoms with van der Waals surface area (Å²) in [5.41, 5.74) is 0. The van der Waals surface area contributed by atoms with Crippen LogP contribution in [-0.2, 0) is 0 Å². The smallest absolute Gasteiger partial charge is 0.119 e. The van der Waals surface area contributed by atoms with E-state index in [1.54, 1.807) is 0 Å². The largest absolute Gasteiger partial charge is 0.494 e. The molecule has 0 amide bonds. The second kappa shape index (κ2) is 7.54. The van der Waals surface area contributed by atoms with E-state index in [9.17, 15) is 5.11 Å². The summed E-state index contributed by atoms with van der Waals surface area (Å²) in [6.45, 7) is 3.02. The summed E-state index contributed by atoms with van der Waals surface area (Å²) in [6.07, 6.45) is 6.68. The molecule has 0 aromatic heterocycles. The maximum atomic E-state index is 10.1. The van der Waals surface area contributed by atoms with Crippen molar-refractivity contribution in [3.63, 3.8) is 0 Å². The van der Waals surface area contributed by atoms with Crippen molar-refractivity contribution in [2.75, 3.05) is 6.61 Å². The van der Waals surface area contributed by atoms with Gasteiger partial charge in [-0.1, -0.05) is 31.5 Å². The van der Waals surface area contributed by atoms with Crippen molar-refractivity contribution < 1.29 is 9.84 Å². The van der Waals surface area contributed by atoms with Crippen molar-refractivity contribution in [1.82, 2.24) is 0 Å². The van der Waals surface area contributed by atoms with Gasteiger partial charge in [0.2, 0.25) is 0 Å². The average molecular weight is 262 g/mol. The highest BCUT2D eigenvalue weighted by Gasteiger charge is 2.27. The predicted molar refractivity (Wildman–Crippen MR) is 78.3 cm³/mol. The minimum absolute atomic E-state index is 0.0838. The minimum atomic E-state index is -0.0838. The fourth-order valence-corrected chi connectivity index (χ4v) is 3.08. The highest BCUT2D eigenvalue weighted by atomic mass is 16.5. The van der Waals surface area contributed by atoms with Crippen molar-refractivity contribution >= 4 is 0 Å². The first-order chi connectivity index (χ1) is 9.29. The van der Waals surface area contributed by atoms with Crippen LogP contribution in [0.5, 0.6) is 5.75 Å². The average Bonchev–Trinajstić information content (AvgIpc) is 2.46. The first kappa shape index (κ1) is 14.4. The molecular formula is C17H26O2. The quantitative estimate of drug-likeness (QED) is 0.784. The number of aliphatic hydroxyl groups is 1. The van der Waals surface area contributed by atoms with Gasteiger partial charge in [0.1, 0.15) is 5.75 Å². The Balaban J connectivity index is 1.67. The molecule has 3 atom stereocenters. The molecule has 2 rings (SSSR count). The highest BCUT2D eigenvalue weighted by Crippen LogP contribution is 2.33. The first-order valence-corrected chi connectivity index (χ1v) is 7.65. The van der Waals surface area contributed by atoms with E-state index in [0.717, 1.165) is 37.5 Å². The molecular weight excluding hydrogens is 236 g/mol. The molecule has 2 heteroatoms. The van der Waals surface area contributed by atoms with Crippen LogP contribution in [0.1, 0.15) is 45.4 Å². The number of rotatable bonds is 6. The number of ether oxygens (including phenoxy) is 1. The van der Waals surface area contributed by atoms with Crippen LogP contribution in [0.15, 0.2) is 30.3 Å². The van der Waals surface area contributed by atoms with Gasteiger partial charge >= 0.3 is 0 Å². The maximum absolute atomic E-state index is 10.1. The lowest BCUT2D eigenvalue weighted by Gasteiger charge is -2.33. The van der Waals surface area contributed by atoms with Crippen molar-refractivity contribution in [2.24, 2.45) is 11.8 Å². The van der Waals surface area contributed by atoms with Gasteiger partial charge in [-0.25, -0.2) is 0 Å². The number of para-hydroxylation sites is 1. The Labute approximate surface area is 116 Å². The van der Waals surface area contributed by atoms with Crippen LogP contribution in [0.3, 0.4) is 0 Å². The normalized spacial score (nSPS) is 27.2. The van der Waals surface area contributed by atoms with E-state index in [1.807, 2.05) is 30.3 Å². The Morgan fingerprint density at radius 2 is 2.00 bits per heavy atom. The zero-order valence-corrected chi connectivity index (χ0v) is 11.9. The molecule has 1 fully saturated rings. The van der Waals surface area contributed by atoms with E-state index in [4.69, 9.17) is 4.74 Å². The summed E-state index contributed by atoms with van der Waals surface area (Å²) in [4.78, 5) is 0. The SMILES string of the molecule is CCC1CCC(O)C(CCCOc2ccccc2)C1. The van der Waals surface area contributed by atoms with Crippen molar-refractivity contribution in [1.29, 1.82) is 0 Å². The van der Waals surface area contributed by atoms with Gasteiger partial charge in [0.05, 0.1) is 12.7 Å². The fraction of sp³-hybridized carbons (Fsp3) is 0.647. The fourth-order valence-electron chi connectivity index (χ4n) is 3.08. The van der Waals surface area contributed by atoms with E-state index in [2.05, 4.69) is 6.92 Å². The Hall–Kier alpha value is -1.02. The van der Waals surface area contributed by atoms with Gasteiger partial charge in [0.25, 0.3) is 0 Å². The molecule has 2 nitrogen and oxygen atoms in total. The van der Waals surface area contributed by atoms with Gasteiger partial charge in [-0.05, 0) is 56.1 Å². The number of benzene rings is 1. The molecule has 1 aliphatic carbocycles. The Bertz CT molecular complexity index is 350. The van der Waals surface area contributed by atoms with Crippen LogP contribution in [0.4, 0.5) is 0 Å². The predicted octanol–water partition coefficient (Wildman–Crippen LogP) is 4.03. The zero-order valence-electron chi connectivity index (χ0n) is 11.9. The van der Waals surface area contributed by atoms with E-state index in [1.165, 1.54) is 19.3 Å². The molecule has 0 aliphatic heterocycles. The molecule has 19 heavy (non-hydrogen) atoms. The zero-order chi connectivity index (χ0) is 13.5. The standard InChI is InChI=1S/C17H26O2/c1-2-14-10-11-17(18)15(13-14)7-6-12-19-16-8-4-3-5-9-16/h3-5,8-9,14-15,17-18H,2,6-7,10-13H2,1H3. The molecule has 1 aromatic rings. The van der Waals surface area contributed by atoms with Gasteiger partial charge in [-0.15, -0.1) is 0 Å². The summed E-state index contributed by atoms with van der Waals surface area (Å²) in [7, 11) is 0. The van der Waals surface area contributed by atoms with Crippen molar-refractivity contribution in [3.8, 4) is 5.75 Å². The maximum Gasteiger partial charge on any atom is 0.119 e. The summed E-state index contributed by atoms with van der Waals surface area (Å²) in [5, 5.41) is 10.1. The molecule has 1 aromatic carbocycles. The lowest BCUT2D eigenvalue weighted by Crippen LogP contribution is -2.29. The molecule has 1 saturated carbocycles. The van der Waals surface area contributed by atoms with Gasteiger partial charge in [0, 0.05) is 0 Å². The number of aliphatic hydroxyl groups excluding tert-OH is 1. The first-order valence-electron chi connectivity index (χ1n) is 7.65. The van der Waals surface area contributed by atoms with Gasteiger partial charge < -0.3 is 9.84 Å². The molecule has 0 spiro atoms. The Kier molecular flexibility index (Phi) is 5.71. The molecule has 106 valence electrons. The van der Waals surface area contributed by atoms with Crippen molar-refractivity contribution in [3.05, 3.63) is 30.3 Å². The number of hydrogen-bond acceptors (Lipinski definition) is 2. The summed E-state index contributed by atoms with van der Waals surface area (Å²) < 4.78 is 5.70. The third kappa shape index (κ3) is 4.54. The monoisotopic (exact) mass is 262 g/mol. The summed E-state index contributed by atoms with van der Waals surface area (Å²) in [6, 6.07) is 9.96. The lowest BCUT2D eigenvalue weighted by atomic mass is 9.76. The minimum Gasteiger partial charge on any atom is -0.494 e. The highest BCUT2D eigenvalue weighted by molar-refractivity contribution is 5.20. The second-order valence-electron chi connectivity index (χ2n) is 5.72. The van der Waals surface area contributed by atoms with E-state index < -0.39 is 0 Å². The topological polar surface area (TPSA) is 29.5 Å². The Morgan fingerprint density at radius 1 is 1.21 bits per heavy atom. The van der Waals surface area contributed by atoms with Crippen LogP contribution in [0, 0.1) is 11.8 Å². The van der Waals surface area contributed by atoms with E-state index >= 15 is 0 Å². The van der Waals surface area contributed by atoms with Crippen LogP contribution in [-0.4, -0.2) is 17.8 Å². The second-order valence-corrected chi connectivity index (χ2v) is 5.72. The van der Waals surface area contributed by atoms with Crippen molar-refractivity contribution in [2.45, 2.75) is 51.6 Å². The summed E-state index contributed by atoms with van der Waals surface area (Å²) in [5.74, 6) is 2.25.